The van der Waals surface area contributed by atoms with Crippen molar-refractivity contribution in [3.8, 4) is 5.88 Å². The summed E-state index contributed by atoms with van der Waals surface area (Å²) in [4.78, 5) is 8.21. The molecule has 2 rings (SSSR count). The number of hydrogen-bond donors (Lipinski definition) is 1. The summed E-state index contributed by atoms with van der Waals surface area (Å²) in [5.74, 6) is 0.648. The van der Waals surface area contributed by atoms with Gasteiger partial charge in [-0.1, -0.05) is 0 Å². The van der Waals surface area contributed by atoms with Crippen molar-refractivity contribution in [2.24, 2.45) is 0 Å². The first-order valence-corrected chi connectivity index (χ1v) is 4.36. The van der Waals surface area contributed by atoms with E-state index in [1.54, 1.807) is 19.5 Å². The lowest BCUT2D eigenvalue weighted by Gasteiger charge is -2.31. The molecule has 13 heavy (non-hydrogen) atoms. The zero-order valence-electron chi connectivity index (χ0n) is 7.47. The highest BCUT2D eigenvalue weighted by atomic mass is 16.5. The van der Waals surface area contributed by atoms with E-state index < -0.39 is 0 Å². The van der Waals surface area contributed by atoms with Gasteiger partial charge in [0.25, 0.3) is 0 Å². The van der Waals surface area contributed by atoms with Crippen LogP contribution < -0.4 is 4.74 Å². The smallest absolute Gasteiger partial charge is 0.235 e. The van der Waals surface area contributed by atoms with Crippen molar-refractivity contribution in [2.45, 2.75) is 24.9 Å². The molecule has 0 spiro atoms. The Morgan fingerprint density at radius 3 is 2.69 bits per heavy atom. The molecular formula is C9H12N2O2. The van der Waals surface area contributed by atoms with E-state index in [0.29, 0.717) is 5.88 Å². The van der Waals surface area contributed by atoms with Crippen LogP contribution in [0.15, 0.2) is 12.4 Å². The summed E-state index contributed by atoms with van der Waals surface area (Å²) in [6.45, 7) is 0. The average molecular weight is 180 g/mol. The highest BCUT2D eigenvalue weighted by Crippen LogP contribution is 2.38. The van der Waals surface area contributed by atoms with Gasteiger partial charge in [0.15, 0.2) is 0 Å². The maximum atomic E-state index is 9.46. The van der Waals surface area contributed by atoms with Crippen LogP contribution >= 0.6 is 0 Å². The van der Waals surface area contributed by atoms with Crippen molar-refractivity contribution in [1.82, 2.24) is 9.97 Å². The van der Waals surface area contributed by atoms with Crippen molar-refractivity contribution >= 4 is 0 Å². The number of rotatable bonds is 2. The van der Waals surface area contributed by atoms with Crippen molar-refractivity contribution < 1.29 is 9.84 Å². The molecule has 2 unspecified atom stereocenters. The van der Waals surface area contributed by atoms with Crippen LogP contribution in [0.4, 0.5) is 0 Å². The molecule has 0 aliphatic heterocycles. The molecule has 0 bridgehead atoms. The molecule has 70 valence electrons. The lowest BCUT2D eigenvalue weighted by atomic mass is 9.79. The second-order valence-electron chi connectivity index (χ2n) is 3.20. The van der Waals surface area contributed by atoms with Crippen LogP contribution in [0.2, 0.25) is 0 Å². The van der Waals surface area contributed by atoms with Crippen molar-refractivity contribution in [2.75, 3.05) is 7.11 Å². The van der Waals surface area contributed by atoms with Gasteiger partial charge in [-0.3, -0.25) is 4.98 Å². The number of aliphatic hydroxyl groups is 1. The zero-order chi connectivity index (χ0) is 9.26. The Balaban J connectivity index is 2.28. The van der Waals surface area contributed by atoms with Crippen LogP contribution in [-0.4, -0.2) is 28.3 Å². The third-order valence-electron chi connectivity index (χ3n) is 2.47. The fourth-order valence-corrected chi connectivity index (χ4v) is 1.55. The van der Waals surface area contributed by atoms with E-state index >= 15 is 0 Å². The van der Waals surface area contributed by atoms with Crippen molar-refractivity contribution in [1.29, 1.82) is 0 Å². The SMILES string of the molecule is COc1nccnc1C1CCC1O. The molecule has 1 aliphatic rings. The quantitative estimate of drug-likeness (QED) is 0.728. The lowest BCUT2D eigenvalue weighted by Crippen LogP contribution is -2.30. The van der Waals surface area contributed by atoms with E-state index in [1.807, 2.05) is 0 Å². The van der Waals surface area contributed by atoms with E-state index in [1.165, 1.54) is 0 Å². The van der Waals surface area contributed by atoms with Gasteiger partial charge in [0.05, 0.1) is 13.2 Å². The maximum Gasteiger partial charge on any atom is 0.235 e. The minimum atomic E-state index is -0.273. The van der Waals surface area contributed by atoms with Crippen molar-refractivity contribution in [3.63, 3.8) is 0 Å². The molecule has 4 nitrogen and oxygen atoms in total. The Hall–Kier alpha value is -1.16. The molecule has 0 aromatic carbocycles. The predicted octanol–water partition coefficient (Wildman–Crippen LogP) is 0.723. The Labute approximate surface area is 76.6 Å². The van der Waals surface area contributed by atoms with Crippen LogP contribution in [0.25, 0.3) is 0 Å². The van der Waals surface area contributed by atoms with E-state index in [4.69, 9.17) is 4.74 Å². The number of ether oxygens (including phenoxy) is 1. The first-order chi connectivity index (χ1) is 6.33. The van der Waals surface area contributed by atoms with E-state index in [9.17, 15) is 5.11 Å². The zero-order valence-corrected chi connectivity index (χ0v) is 7.47. The summed E-state index contributed by atoms with van der Waals surface area (Å²) in [6.07, 6.45) is 4.77. The molecule has 1 aromatic rings. The van der Waals surface area contributed by atoms with E-state index in [2.05, 4.69) is 9.97 Å². The molecular weight excluding hydrogens is 168 g/mol. The molecule has 0 radical (unpaired) electrons. The molecule has 1 N–H and O–H groups in total. The van der Waals surface area contributed by atoms with E-state index in [0.717, 1.165) is 18.5 Å². The molecule has 2 atom stereocenters. The number of aromatic nitrogens is 2. The highest BCUT2D eigenvalue weighted by Gasteiger charge is 2.33. The van der Waals surface area contributed by atoms with Gasteiger partial charge in [-0.25, -0.2) is 4.98 Å². The first-order valence-electron chi connectivity index (χ1n) is 4.36. The normalized spacial score (nSPS) is 26.6. The number of aliphatic hydroxyl groups excluding tert-OH is 1. The first kappa shape index (κ1) is 8.44. The van der Waals surface area contributed by atoms with Crippen LogP contribution in [0.5, 0.6) is 5.88 Å². The van der Waals surface area contributed by atoms with Crippen LogP contribution in [0, 0.1) is 0 Å². The molecule has 1 aliphatic carbocycles. The lowest BCUT2D eigenvalue weighted by molar-refractivity contribution is 0.0626. The number of methoxy groups -OCH3 is 1. The van der Waals surface area contributed by atoms with Crippen LogP contribution in [-0.2, 0) is 0 Å². The second-order valence-corrected chi connectivity index (χ2v) is 3.20. The summed E-state index contributed by atoms with van der Waals surface area (Å²) in [7, 11) is 1.57. The van der Waals surface area contributed by atoms with Crippen LogP contribution in [0.3, 0.4) is 0 Å². The standard InChI is InChI=1S/C9H12N2O2/c1-13-9-8(10-4-5-11-9)6-2-3-7(6)12/h4-7,12H,2-3H2,1H3. The molecule has 1 fully saturated rings. The maximum absolute atomic E-state index is 9.46. The number of nitrogens with zero attached hydrogens (tertiary/aromatic N) is 2. The van der Waals surface area contributed by atoms with Crippen molar-refractivity contribution in [3.05, 3.63) is 18.1 Å². The summed E-state index contributed by atoms with van der Waals surface area (Å²) < 4.78 is 5.07. The molecule has 4 heteroatoms. The second kappa shape index (κ2) is 3.30. The van der Waals surface area contributed by atoms with Gasteiger partial charge in [-0.15, -0.1) is 0 Å². The minimum absolute atomic E-state index is 0.114. The van der Waals surface area contributed by atoms with Gasteiger partial charge in [-0.2, -0.15) is 0 Å². The van der Waals surface area contributed by atoms with Gasteiger partial charge >= 0.3 is 0 Å². The Kier molecular flexibility index (Phi) is 2.14. The third kappa shape index (κ3) is 1.37. The summed E-state index contributed by atoms with van der Waals surface area (Å²) >= 11 is 0. The van der Waals surface area contributed by atoms with Gasteiger partial charge in [-0.05, 0) is 12.8 Å². The van der Waals surface area contributed by atoms with Crippen LogP contribution in [0.1, 0.15) is 24.5 Å². The Morgan fingerprint density at radius 2 is 2.15 bits per heavy atom. The monoisotopic (exact) mass is 180 g/mol. The van der Waals surface area contributed by atoms with Gasteiger partial charge in [0.1, 0.15) is 5.69 Å². The fourth-order valence-electron chi connectivity index (χ4n) is 1.55. The topological polar surface area (TPSA) is 55.2 Å². The summed E-state index contributed by atoms with van der Waals surface area (Å²) in [6, 6.07) is 0. The molecule has 1 saturated carbocycles. The molecule has 1 heterocycles. The summed E-state index contributed by atoms with van der Waals surface area (Å²) in [5.41, 5.74) is 0.781. The van der Waals surface area contributed by atoms with Gasteiger partial charge < -0.3 is 9.84 Å². The molecule has 1 aromatic heterocycles. The molecule has 0 amide bonds. The number of hydrogen-bond acceptors (Lipinski definition) is 4. The Bertz CT molecular complexity index is 303. The Morgan fingerprint density at radius 1 is 1.38 bits per heavy atom. The predicted molar refractivity (Wildman–Crippen MR) is 46.6 cm³/mol. The largest absolute Gasteiger partial charge is 0.480 e. The average Bonchev–Trinajstić information content (AvgIpc) is 2.16. The van der Waals surface area contributed by atoms with Gasteiger partial charge in [0.2, 0.25) is 5.88 Å². The molecule has 0 saturated heterocycles. The van der Waals surface area contributed by atoms with Gasteiger partial charge in [0, 0.05) is 18.3 Å². The minimum Gasteiger partial charge on any atom is -0.480 e. The highest BCUT2D eigenvalue weighted by molar-refractivity contribution is 5.25. The third-order valence-corrected chi connectivity index (χ3v) is 2.47. The fraction of sp³-hybridized carbons (Fsp3) is 0.556. The van der Waals surface area contributed by atoms with E-state index in [-0.39, 0.29) is 12.0 Å². The summed E-state index contributed by atoms with van der Waals surface area (Å²) in [5, 5.41) is 9.46.